The maximum absolute atomic E-state index is 5.27. The molecule has 1 fully saturated rings. The summed E-state index contributed by atoms with van der Waals surface area (Å²) in [6.07, 6.45) is 3.86. The second-order valence-electron chi connectivity index (χ2n) is 5.21. The lowest BCUT2D eigenvalue weighted by Crippen LogP contribution is -2.53. The molecule has 0 atom stereocenters. The van der Waals surface area contributed by atoms with Crippen LogP contribution in [-0.4, -0.2) is 42.8 Å². The van der Waals surface area contributed by atoms with Gasteiger partial charge in [0.15, 0.2) is 0 Å². The number of benzene rings is 1. The van der Waals surface area contributed by atoms with Crippen molar-refractivity contribution in [2.24, 2.45) is 0 Å². The smallest absolute Gasteiger partial charge is 0.375 e. The van der Waals surface area contributed by atoms with Gasteiger partial charge in [0.25, 0.3) is 0 Å². The maximum atomic E-state index is 5.27. The van der Waals surface area contributed by atoms with E-state index in [1.54, 1.807) is 7.11 Å². The van der Waals surface area contributed by atoms with Gasteiger partial charge >= 0.3 is 5.96 Å². The summed E-state index contributed by atoms with van der Waals surface area (Å²) in [6.45, 7) is 0. The molecule has 2 aliphatic rings. The topological polar surface area (TPSA) is 39.5 Å². The van der Waals surface area contributed by atoms with Gasteiger partial charge in [-0.1, -0.05) is 0 Å². The highest BCUT2D eigenvalue weighted by atomic mass is 16.5. The van der Waals surface area contributed by atoms with E-state index in [1.165, 1.54) is 19.3 Å². The minimum atomic E-state index is 0.612. The Hall–Kier alpha value is -1.91. The van der Waals surface area contributed by atoms with E-state index in [2.05, 4.69) is 28.4 Å². The van der Waals surface area contributed by atoms with Crippen molar-refractivity contribution in [3.63, 3.8) is 0 Å². The fraction of sp³-hybridized carbons (Fsp3) is 0.500. The first-order valence-corrected chi connectivity index (χ1v) is 6.74. The summed E-state index contributed by atoms with van der Waals surface area (Å²) >= 11 is 0. The SMILES string of the molecule is COc1ccc2c(c1)NN(C)C(NC1CCC1)=[N+]2C. The van der Waals surface area contributed by atoms with Gasteiger partial charge in [-0.2, -0.15) is 5.01 Å². The van der Waals surface area contributed by atoms with Crippen LogP contribution < -0.4 is 15.5 Å². The number of anilines is 1. The Bertz CT molecular complexity index is 522. The molecule has 0 unspecified atom stereocenters. The van der Waals surface area contributed by atoms with Crippen molar-refractivity contribution in [1.82, 2.24) is 10.3 Å². The van der Waals surface area contributed by atoms with E-state index >= 15 is 0 Å². The number of hydrogen-bond donors (Lipinski definition) is 2. The van der Waals surface area contributed by atoms with Crippen molar-refractivity contribution in [3.05, 3.63) is 18.2 Å². The second kappa shape index (κ2) is 4.64. The van der Waals surface area contributed by atoms with E-state index in [4.69, 9.17) is 4.74 Å². The number of nitrogens with zero attached hydrogens (tertiary/aromatic N) is 2. The summed E-state index contributed by atoms with van der Waals surface area (Å²) in [5.41, 5.74) is 5.59. The summed E-state index contributed by atoms with van der Waals surface area (Å²) in [5.74, 6) is 1.96. The molecule has 102 valence electrons. The summed E-state index contributed by atoms with van der Waals surface area (Å²) in [4.78, 5) is 0. The average molecular weight is 261 g/mol. The third-order valence-electron chi connectivity index (χ3n) is 3.93. The van der Waals surface area contributed by atoms with E-state index in [9.17, 15) is 0 Å². The lowest BCUT2D eigenvalue weighted by atomic mass is 9.93. The molecule has 19 heavy (non-hydrogen) atoms. The monoisotopic (exact) mass is 261 g/mol. The zero-order valence-electron chi connectivity index (χ0n) is 11.7. The predicted molar refractivity (Wildman–Crippen MR) is 76.0 cm³/mol. The van der Waals surface area contributed by atoms with Gasteiger partial charge in [0.05, 0.1) is 27.2 Å². The Kier molecular flexibility index (Phi) is 2.97. The van der Waals surface area contributed by atoms with Gasteiger partial charge in [-0.3, -0.25) is 5.32 Å². The molecule has 1 aliphatic carbocycles. The van der Waals surface area contributed by atoms with Crippen molar-refractivity contribution >= 4 is 17.3 Å². The highest BCUT2D eigenvalue weighted by Crippen LogP contribution is 2.31. The molecule has 2 N–H and O–H groups in total. The number of guanidine groups is 1. The normalized spacial score (nSPS) is 18.6. The summed E-state index contributed by atoms with van der Waals surface area (Å²) < 4.78 is 7.45. The van der Waals surface area contributed by atoms with Crippen LogP contribution in [0.5, 0.6) is 5.75 Å². The van der Waals surface area contributed by atoms with Gasteiger partial charge in [-0.25, -0.2) is 10.0 Å². The molecule has 0 aromatic heterocycles. The van der Waals surface area contributed by atoms with E-state index in [0.717, 1.165) is 23.1 Å². The molecular weight excluding hydrogens is 240 g/mol. The zero-order chi connectivity index (χ0) is 13.4. The van der Waals surface area contributed by atoms with Crippen molar-refractivity contribution < 1.29 is 9.31 Å². The van der Waals surface area contributed by atoms with Crippen LogP contribution in [0.4, 0.5) is 11.4 Å². The van der Waals surface area contributed by atoms with Crippen molar-refractivity contribution in [2.75, 3.05) is 26.6 Å². The van der Waals surface area contributed by atoms with Gasteiger partial charge in [-0.15, -0.1) is 0 Å². The lowest BCUT2D eigenvalue weighted by Gasteiger charge is -2.31. The molecular formula is C14H21N4O+. The Morgan fingerprint density at radius 1 is 1.42 bits per heavy atom. The standard InChI is InChI=1S/C14H20N4O/c1-17-13-8-7-11(19-3)9-12(13)16-18(2)14(17)15-10-5-4-6-10/h7-10,16H,4-6H2,1-3H3/p+1. The fourth-order valence-electron chi connectivity index (χ4n) is 2.53. The highest BCUT2D eigenvalue weighted by molar-refractivity contribution is 5.82. The number of nitrogens with one attached hydrogen (secondary N) is 2. The molecule has 0 bridgehead atoms. The van der Waals surface area contributed by atoms with Crippen LogP contribution in [0.1, 0.15) is 19.3 Å². The number of rotatable bonds is 2. The molecule has 1 saturated carbocycles. The molecule has 0 saturated heterocycles. The zero-order valence-corrected chi connectivity index (χ0v) is 11.7. The van der Waals surface area contributed by atoms with Crippen LogP contribution >= 0.6 is 0 Å². The largest absolute Gasteiger partial charge is 0.497 e. The first-order chi connectivity index (χ1) is 9.19. The van der Waals surface area contributed by atoms with Crippen LogP contribution in [0.3, 0.4) is 0 Å². The molecule has 0 amide bonds. The number of methoxy groups -OCH3 is 1. The third-order valence-corrected chi connectivity index (χ3v) is 3.93. The first kappa shape index (κ1) is 12.1. The Morgan fingerprint density at radius 2 is 2.21 bits per heavy atom. The van der Waals surface area contributed by atoms with Gasteiger partial charge in [0, 0.05) is 6.07 Å². The number of ether oxygens (including phenoxy) is 1. The van der Waals surface area contributed by atoms with Crippen LogP contribution in [0.15, 0.2) is 18.2 Å². The van der Waals surface area contributed by atoms with E-state index in [0.29, 0.717) is 6.04 Å². The molecule has 1 aliphatic heterocycles. The van der Waals surface area contributed by atoms with Crippen LogP contribution in [-0.2, 0) is 0 Å². The quantitative estimate of drug-likeness (QED) is 0.796. The Morgan fingerprint density at radius 3 is 2.84 bits per heavy atom. The molecule has 1 aromatic carbocycles. The lowest BCUT2D eigenvalue weighted by molar-refractivity contribution is -0.415. The molecule has 0 spiro atoms. The number of fused-ring (bicyclic) bond motifs is 1. The molecule has 1 aromatic rings. The van der Waals surface area contributed by atoms with E-state index in [1.807, 2.05) is 24.2 Å². The van der Waals surface area contributed by atoms with E-state index < -0.39 is 0 Å². The summed E-state index contributed by atoms with van der Waals surface area (Å²) in [7, 11) is 5.80. The third kappa shape index (κ3) is 2.09. The van der Waals surface area contributed by atoms with Gasteiger partial charge < -0.3 is 4.74 Å². The molecule has 1 heterocycles. The Labute approximate surface area is 113 Å². The molecule has 5 heteroatoms. The number of hydrogen-bond acceptors (Lipinski definition) is 4. The predicted octanol–water partition coefficient (Wildman–Crippen LogP) is 1.74. The average Bonchev–Trinajstić information content (AvgIpc) is 2.35. The van der Waals surface area contributed by atoms with Crippen molar-refractivity contribution in [3.8, 4) is 5.75 Å². The van der Waals surface area contributed by atoms with Crippen LogP contribution in [0, 0.1) is 0 Å². The van der Waals surface area contributed by atoms with Crippen LogP contribution in [0.2, 0.25) is 0 Å². The van der Waals surface area contributed by atoms with Crippen molar-refractivity contribution in [1.29, 1.82) is 0 Å². The molecule has 3 rings (SSSR count). The van der Waals surface area contributed by atoms with Crippen molar-refractivity contribution in [2.45, 2.75) is 25.3 Å². The molecule has 5 nitrogen and oxygen atoms in total. The molecule has 0 radical (unpaired) electrons. The van der Waals surface area contributed by atoms with E-state index in [-0.39, 0.29) is 0 Å². The summed E-state index contributed by atoms with van der Waals surface area (Å²) in [5, 5.41) is 5.63. The van der Waals surface area contributed by atoms with Gasteiger partial charge in [0.2, 0.25) is 0 Å². The second-order valence-corrected chi connectivity index (χ2v) is 5.21. The van der Waals surface area contributed by atoms with Gasteiger partial charge in [0.1, 0.15) is 17.1 Å². The number of hydrazine groups is 1. The minimum Gasteiger partial charge on any atom is -0.497 e. The van der Waals surface area contributed by atoms with Crippen LogP contribution in [0.25, 0.3) is 0 Å². The highest BCUT2D eigenvalue weighted by Gasteiger charge is 2.31. The summed E-state index contributed by atoms with van der Waals surface area (Å²) in [6, 6.07) is 6.70. The van der Waals surface area contributed by atoms with Gasteiger partial charge in [-0.05, 0) is 31.4 Å². The Balaban J connectivity index is 1.94. The first-order valence-electron chi connectivity index (χ1n) is 6.74. The maximum Gasteiger partial charge on any atom is 0.375 e. The minimum absolute atomic E-state index is 0.612. The fourth-order valence-corrected chi connectivity index (χ4v) is 2.53.